The Morgan fingerprint density at radius 1 is 0.348 bits per heavy atom. The Bertz CT molecular complexity index is 1410. The Kier molecular flexibility index (Phi) is 71.4. The van der Waals surface area contributed by atoms with Gasteiger partial charge in [-0.15, -0.1) is 0 Å². The Hall–Kier alpha value is -0.500. The third-order valence-electron chi connectivity index (χ3n) is 19.6. The second-order valence-corrected chi connectivity index (χ2v) is 31.3. The second kappa shape index (κ2) is 71.8. The molecule has 0 aliphatic heterocycles. The fourth-order valence-electron chi connectivity index (χ4n) is 13.3. The lowest BCUT2D eigenvalue weighted by Crippen LogP contribution is -2.46. The van der Waals surface area contributed by atoms with Gasteiger partial charge in [0.25, 0.3) is 7.82 Å². The van der Waals surface area contributed by atoms with E-state index in [0.717, 1.165) is 38.5 Å². The van der Waals surface area contributed by atoms with Crippen molar-refractivity contribution in [3.8, 4) is 0 Å². The highest BCUT2D eigenvalue weighted by molar-refractivity contribution is 7.45. The van der Waals surface area contributed by atoms with E-state index in [0.29, 0.717) is 23.9 Å². The number of unbranched alkanes of at least 4 members (excludes halogenated alkanes) is 65. The largest absolute Gasteiger partial charge is 0.756 e. The number of phosphoric ester groups is 1. The first-order valence-electron chi connectivity index (χ1n) is 40.9. The summed E-state index contributed by atoms with van der Waals surface area (Å²) in [5.74, 6) is -0.151. The fourth-order valence-corrected chi connectivity index (χ4v) is 14.0. The maximum absolute atomic E-state index is 13.1. The zero-order chi connectivity index (χ0) is 64.8. The van der Waals surface area contributed by atoms with Crippen LogP contribution in [0.3, 0.4) is 0 Å². The molecule has 0 rings (SSSR count). The van der Waals surface area contributed by atoms with Gasteiger partial charge in [-0.2, -0.15) is 0 Å². The number of hydrogen-bond donors (Lipinski definition) is 2. The predicted molar refractivity (Wildman–Crippen MR) is 390 cm³/mol. The Labute approximate surface area is 559 Å². The minimum Gasteiger partial charge on any atom is -0.756 e. The van der Waals surface area contributed by atoms with Gasteiger partial charge in [-0.1, -0.05) is 438 Å². The monoisotopic (exact) mass is 1280 g/mol. The van der Waals surface area contributed by atoms with Gasteiger partial charge in [-0.05, 0) is 12.8 Å². The maximum atomic E-state index is 13.1. The van der Waals surface area contributed by atoms with E-state index in [4.69, 9.17) is 9.05 Å². The predicted octanol–water partition coefficient (Wildman–Crippen LogP) is 26.0. The van der Waals surface area contributed by atoms with Crippen LogP contribution in [0.15, 0.2) is 0 Å². The van der Waals surface area contributed by atoms with Crippen molar-refractivity contribution in [2.45, 2.75) is 469 Å². The average Bonchev–Trinajstić information content (AvgIpc) is 3.55. The molecule has 534 valence electrons. The van der Waals surface area contributed by atoms with Crippen molar-refractivity contribution in [3.05, 3.63) is 0 Å². The minimum absolute atomic E-state index is 0.0172. The summed E-state index contributed by atoms with van der Waals surface area (Å²) in [5, 5.41) is 14.2. The highest BCUT2D eigenvalue weighted by Crippen LogP contribution is 2.38. The summed E-state index contributed by atoms with van der Waals surface area (Å²) in [6.07, 6.45) is 92.4. The molecule has 89 heavy (non-hydrogen) atoms. The van der Waals surface area contributed by atoms with E-state index in [9.17, 15) is 19.4 Å². The van der Waals surface area contributed by atoms with Crippen molar-refractivity contribution >= 4 is 13.7 Å². The number of likely N-dealkylation sites (N-methyl/N-ethyl adjacent to an activating group) is 1. The highest BCUT2D eigenvalue weighted by Gasteiger charge is 2.24. The number of carbonyl (C=O) groups is 1. The van der Waals surface area contributed by atoms with Gasteiger partial charge >= 0.3 is 0 Å². The lowest BCUT2D eigenvalue weighted by molar-refractivity contribution is -0.870. The topological polar surface area (TPSA) is 108 Å². The summed E-state index contributed by atoms with van der Waals surface area (Å²) in [5.41, 5.74) is 0. The summed E-state index contributed by atoms with van der Waals surface area (Å²) in [6.45, 7) is 4.81. The van der Waals surface area contributed by atoms with Gasteiger partial charge in [0, 0.05) is 6.42 Å². The lowest BCUT2D eigenvalue weighted by atomic mass is 10.0. The van der Waals surface area contributed by atoms with Gasteiger partial charge < -0.3 is 28.8 Å². The molecule has 9 heteroatoms. The van der Waals surface area contributed by atoms with Crippen molar-refractivity contribution < 1.29 is 32.9 Å². The van der Waals surface area contributed by atoms with Gasteiger partial charge in [0.05, 0.1) is 39.9 Å². The van der Waals surface area contributed by atoms with E-state index in [1.54, 1.807) is 0 Å². The molecule has 0 heterocycles. The first-order valence-corrected chi connectivity index (χ1v) is 42.3. The molecule has 2 N–H and O–H groups in total. The molecule has 3 atom stereocenters. The molecular formula is C80H163N2O6P. The molecule has 0 aromatic rings. The molecule has 0 bridgehead atoms. The quantitative estimate of drug-likeness (QED) is 0.0357. The maximum Gasteiger partial charge on any atom is 0.268 e. The molecule has 1 amide bonds. The molecule has 0 aliphatic carbocycles. The number of aliphatic hydroxyl groups excluding tert-OH is 1. The molecular weight excluding hydrogens is 1120 g/mol. The van der Waals surface area contributed by atoms with Crippen LogP contribution < -0.4 is 10.2 Å². The van der Waals surface area contributed by atoms with Crippen molar-refractivity contribution in [1.29, 1.82) is 0 Å². The zero-order valence-corrected chi connectivity index (χ0v) is 62.3. The van der Waals surface area contributed by atoms with E-state index < -0.39 is 20.0 Å². The van der Waals surface area contributed by atoms with Gasteiger partial charge in [0.15, 0.2) is 0 Å². The van der Waals surface area contributed by atoms with Gasteiger partial charge in [-0.25, -0.2) is 0 Å². The first-order chi connectivity index (χ1) is 43.5. The van der Waals surface area contributed by atoms with E-state index in [2.05, 4.69) is 19.2 Å². The fraction of sp³-hybridized carbons (Fsp3) is 0.988. The zero-order valence-electron chi connectivity index (χ0n) is 61.4. The molecule has 8 nitrogen and oxygen atoms in total. The molecule has 0 saturated carbocycles. The van der Waals surface area contributed by atoms with Gasteiger partial charge in [-0.3, -0.25) is 9.36 Å². The molecule has 0 aromatic heterocycles. The number of quaternary nitrogens is 1. The van der Waals surface area contributed by atoms with Crippen LogP contribution in [0.4, 0.5) is 0 Å². The second-order valence-electron chi connectivity index (χ2n) is 29.9. The summed E-state index contributed by atoms with van der Waals surface area (Å²) in [7, 11) is 1.34. The standard InChI is InChI=1S/C80H163N2O6P/c1-6-8-10-12-14-16-18-20-22-24-26-28-30-32-34-36-38-39-40-41-42-44-46-48-50-52-54-56-58-60-62-64-66-68-70-72-74-80(84)81-78(77-88-89(85,86)87-76-75-82(3,4)5)79(83)73-71-69-67-65-63-61-59-57-55-53-51-49-47-45-43-37-35-33-31-29-27-25-23-21-19-17-15-13-11-9-7-2/h78-79,83H,6-77H2,1-5H3,(H-,81,84,85,86). The number of carbonyl (C=O) groups excluding carboxylic acids is 1. The van der Waals surface area contributed by atoms with Gasteiger partial charge in [0.1, 0.15) is 13.2 Å². The van der Waals surface area contributed by atoms with Gasteiger partial charge in [0.2, 0.25) is 5.91 Å². The van der Waals surface area contributed by atoms with Crippen molar-refractivity contribution in [2.24, 2.45) is 0 Å². The highest BCUT2D eigenvalue weighted by atomic mass is 31.2. The Balaban J connectivity index is 3.88. The Morgan fingerprint density at radius 3 is 0.764 bits per heavy atom. The molecule has 0 radical (unpaired) electrons. The molecule has 0 fully saturated rings. The van der Waals surface area contributed by atoms with Crippen molar-refractivity contribution in [2.75, 3.05) is 40.9 Å². The normalized spacial score (nSPS) is 13.4. The number of amides is 1. The van der Waals surface area contributed by atoms with Crippen LogP contribution in [0.2, 0.25) is 0 Å². The van der Waals surface area contributed by atoms with E-state index in [1.165, 1.54) is 392 Å². The van der Waals surface area contributed by atoms with Crippen molar-refractivity contribution in [3.63, 3.8) is 0 Å². The number of aliphatic hydroxyl groups is 1. The van der Waals surface area contributed by atoms with Crippen LogP contribution in [-0.2, 0) is 18.4 Å². The first kappa shape index (κ1) is 88.5. The van der Waals surface area contributed by atoms with Crippen LogP contribution >= 0.6 is 7.82 Å². The average molecular weight is 1280 g/mol. The number of rotatable bonds is 78. The SMILES string of the molecule is CCCCCCCCCCCCCCCCCCCCCCCCCCCCCCCCCCCCCCC(=O)NC(COP(=O)([O-])OCC[N+](C)(C)C)C(O)CCCCCCCCCCCCCCCCCCCCCCCCCCCCCCCCC. The minimum atomic E-state index is -4.58. The van der Waals surface area contributed by atoms with E-state index in [1.807, 2.05) is 21.1 Å². The van der Waals surface area contributed by atoms with E-state index in [-0.39, 0.29) is 19.1 Å². The molecule has 0 aromatic carbocycles. The van der Waals surface area contributed by atoms with Crippen LogP contribution in [-0.4, -0.2) is 68.5 Å². The number of phosphoric acid groups is 1. The van der Waals surface area contributed by atoms with Crippen LogP contribution in [0.1, 0.15) is 457 Å². The molecule has 0 spiro atoms. The summed E-state index contributed by atoms with van der Waals surface area (Å²) < 4.78 is 23.6. The smallest absolute Gasteiger partial charge is 0.268 e. The number of nitrogens with one attached hydrogen (secondary N) is 1. The molecule has 0 saturated heterocycles. The summed E-state index contributed by atoms with van der Waals surface area (Å²) >= 11 is 0. The third-order valence-corrected chi connectivity index (χ3v) is 20.6. The van der Waals surface area contributed by atoms with Crippen LogP contribution in [0.25, 0.3) is 0 Å². The molecule has 3 unspecified atom stereocenters. The third kappa shape index (κ3) is 74.8. The summed E-state index contributed by atoms with van der Waals surface area (Å²) in [4.78, 5) is 25.8. The summed E-state index contributed by atoms with van der Waals surface area (Å²) in [6, 6.07) is -0.798. The van der Waals surface area contributed by atoms with Crippen LogP contribution in [0.5, 0.6) is 0 Å². The number of nitrogens with zero attached hydrogens (tertiary/aromatic N) is 1. The van der Waals surface area contributed by atoms with Crippen LogP contribution in [0, 0.1) is 0 Å². The molecule has 0 aliphatic rings. The Morgan fingerprint density at radius 2 is 0.551 bits per heavy atom. The van der Waals surface area contributed by atoms with Crippen molar-refractivity contribution in [1.82, 2.24) is 5.32 Å². The lowest BCUT2D eigenvalue weighted by Gasteiger charge is -2.30. The van der Waals surface area contributed by atoms with E-state index >= 15 is 0 Å². The number of hydrogen-bond acceptors (Lipinski definition) is 6.